The second-order valence-corrected chi connectivity index (χ2v) is 5.71. The number of carboxylic acids is 1. The van der Waals surface area contributed by atoms with Crippen molar-refractivity contribution in [2.24, 2.45) is 0 Å². The molecule has 0 bridgehead atoms. The number of H-pyrrole nitrogens is 1. The molecule has 0 aliphatic carbocycles. The highest BCUT2D eigenvalue weighted by Crippen LogP contribution is 2.18. The zero-order valence-corrected chi connectivity index (χ0v) is 13.0. The van der Waals surface area contributed by atoms with Gasteiger partial charge in [-0.05, 0) is 18.9 Å². The topological polar surface area (TPSA) is 115 Å². The van der Waals surface area contributed by atoms with Crippen LogP contribution in [-0.2, 0) is 9.59 Å². The molecule has 2 amide bonds. The Morgan fingerprint density at radius 2 is 2.12 bits per heavy atom. The van der Waals surface area contributed by atoms with E-state index in [1.165, 1.54) is 4.90 Å². The molecule has 8 heteroatoms. The molecule has 1 aliphatic rings. The van der Waals surface area contributed by atoms with Crippen LogP contribution in [0.1, 0.15) is 29.8 Å². The number of nitrogens with one attached hydrogen (secondary N) is 2. The highest BCUT2D eigenvalue weighted by molar-refractivity contribution is 6.04. The van der Waals surface area contributed by atoms with Crippen LogP contribution in [0.4, 0.5) is 0 Å². The number of benzene rings is 1. The quantitative estimate of drug-likeness (QED) is 0.748. The van der Waals surface area contributed by atoms with Crippen LogP contribution in [-0.4, -0.2) is 57.1 Å². The molecule has 2 heterocycles. The van der Waals surface area contributed by atoms with Gasteiger partial charge in [0.2, 0.25) is 5.91 Å². The van der Waals surface area contributed by atoms with Crippen LogP contribution < -0.4 is 5.32 Å². The van der Waals surface area contributed by atoms with E-state index in [4.69, 9.17) is 5.11 Å². The van der Waals surface area contributed by atoms with E-state index in [1.807, 2.05) is 18.2 Å². The van der Waals surface area contributed by atoms with Gasteiger partial charge < -0.3 is 15.3 Å². The second kappa shape index (κ2) is 6.69. The Morgan fingerprint density at radius 3 is 2.92 bits per heavy atom. The number of aromatic amines is 1. The van der Waals surface area contributed by atoms with E-state index in [2.05, 4.69) is 15.5 Å². The molecule has 126 valence electrons. The van der Waals surface area contributed by atoms with Crippen LogP contribution in [0.15, 0.2) is 24.3 Å². The van der Waals surface area contributed by atoms with Gasteiger partial charge in [-0.2, -0.15) is 5.10 Å². The van der Waals surface area contributed by atoms with E-state index in [0.29, 0.717) is 24.8 Å². The average molecular weight is 330 g/mol. The summed E-state index contributed by atoms with van der Waals surface area (Å²) in [5.41, 5.74) is 1.04. The fourth-order valence-electron chi connectivity index (χ4n) is 2.97. The molecule has 8 nitrogen and oxygen atoms in total. The number of aliphatic carboxylic acids is 1. The second-order valence-electron chi connectivity index (χ2n) is 5.71. The Labute approximate surface area is 137 Å². The smallest absolute Gasteiger partial charge is 0.326 e. The van der Waals surface area contributed by atoms with Crippen molar-refractivity contribution >= 4 is 28.7 Å². The molecule has 1 fully saturated rings. The summed E-state index contributed by atoms with van der Waals surface area (Å²) in [6.45, 7) is 0.593. The van der Waals surface area contributed by atoms with Crippen molar-refractivity contribution in [2.75, 3.05) is 13.1 Å². The molecule has 1 saturated heterocycles. The molecular weight excluding hydrogens is 312 g/mol. The summed E-state index contributed by atoms with van der Waals surface area (Å²) >= 11 is 0. The lowest BCUT2D eigenvalue weighted by atomic mass is 10.2. The minimum Gasteiger partial charge on any atom is -0.480 e. The highest BCUT2D eigenvalue weighted by atomic mass is 16.4. The fraction of sp³-hybridized carbons (Fsp3) is 0.375. The van der Waals surface area contributed by atoms with Crippen LogP contribution >= 0.6 is 0 Å². The molecule has 0 spiro atoms. The number of hydrogen-bond donors (Lipinski definition) is 3. The first-order valence-corrected chi connectivity index (χ1v) is 7.81. The van der Waals surface area contributed by atoms with Gasteiger partial charge in [0.25, 0.3) is 5.91 Å². The molecule has 24 heavy (non-hydrogen) atoms. The van der Waals surface area contributed by atoms with Gasteiger partial charge in [0.15, 0.2) is 5.69 Å². The van der Waals surface area contributed by atoms with Crippen molar-refractivity contribution in [3.8, 4) is 0 Å². The monoisotopic (exact) mass is 330 g/mol. The first kappa shape index (κ1) is 16.0. The lowest BCUT2D eigenvalue weighted by molar-refractivity contribution is -0.148. The number of fused-ring (bicyclic) bond motifs is 1. The Morgan fingerprint density at radius 1 is 1.33 bits per heavy atom. The van der Waals surface area contributed by atoms with E-state index >= 15 is 0 Å². The number of hydrogen-bond acceptors (Lipinski definition) is 4. The van der Waals surface area contributed by atoms with Gasteiger partial charge in [-0.3, -0.25) is 14.7 Å². The van der Waals surface area contributed by atoms with Crippen molar-refractivity contribution in [3.63, 3.8) is 0 Å². The predicted octanol–water partition coefficient (Wildman–Crippen LogP) is 0.758. The molecule has 1 aromatic heterocycles. The molecule has 1 aliphatic heterocycles. The number of nitrogens with zero attached hydrogens (tertiary/aromatic N) is 2. The summed E-state index contributed by atoms with van der Waals surface area (Å²) in [6, 6.07) is 6.53. The molecule has 0 radical (unpaired) electrons. The maximum absolute atomic E-state index is 12.2. The third-order valence-corrected chi connectivity index (χ3v) is 4.17. The van der Waals surface area contributed by atoms with Crippen LogP contribution in [0.3, 0.4) is 0 Å². The van der Waals surface area contributed by atoms with Crippen molar-refractivity contribution < 1.29 is 19.5 Å². The van der Waals surface area contributed by atoms with Gasteiger partial charge >= 0.3 is 5.97 Å². The Hall–Kier alpha value is -2.90. The van der Waals surface area contributed by atoms with E-state index in [9.17, 15) is 14.4 Å². The molecule has 1 atom stereocenters. The maximum atomic E-state index is 12.2. The van der Waals surface area contributed by atoms with Crippen molar-refractivity contribution in [1.82, 2.24) is 20.4 Å². The van der Waals surface area contributed by atoms with Crippen molar-refractivity contribution in [3.05, 3.63) is 30.0 Å². The Bertz CT molecular complexity index is 785. The summed E-state index contributed by atoms with van der Waals surface area (Å²) in [5.74, 6) is -1.60. The van der Waals surface area contributed by atoms with E-state index in [-0.39, 0.29) is 30.5 Å². The van der Waals surface area contributed by atoms with Crippen LogP contribution in [0.5, 0.6) is 0 Å². The average Bonchev–Trinajstić information content (AvgIpc) is 3.21. The van der Waals surface area contributed by atoms with Crippen molar-refractivity contribution in [2.45, 2.75) is 25.3 Å². The zero-order chi connectivity index (χ0) is 17.1. The minimum absolute atomic E-state index is 0.0673. The number of likely N-dealkylation sites (tertiary alicyclic amines) is 1. The molecule has 0 saturated carbocycles. The third kappa shape index (κ3) is 3.08. The lowest BCUT2D eigenvalue weighted by Gasteiger charge is -2.21. The summed E-state index contributed by atoms with van der Waals surface area (Å²) in [5, 5.41) is 19.2. The first-order valence-electron chi connectivity index (χ1n) is 7.81. The normalized spacial score (nSPS) is 17.2. The SMILES string of the molecule is O=C(NCCC(=O)N1CCCC1C(=O)O)c1n[nH]c2ccccc12. The first-order chi connectivity index (χ1) is 11.6. The summed E-state index contributed by atoms with van der Waals surface area (Å²) < 4.78 is 0. The molecule has 3 N–H and O–H groups in total. The van der Waals surface area contributed by atoms with Crippen molar-refractivity contribution in [1.29, 1.82) is 0 Å². The van der Waals surface area contributed by atoms with E-state index < -0.39 is 12.0 Å². The van der Waals surface area contributed by atoms with Gasteiger partial charge in [0.05, 0.1) is 5.52 Å². The number of rotatable bonds is 5. The highest BCUT2D eigenvalue weighted by Gasteiger charge is 2.33. The number of carbonyl (C=O) groups excluding carboxylic acids is 2. The molecule has 1 unspecified atom stereocenters. The van der Waals surface area contributed by atoms with Gasteiger partial charge in [-0.25, -0.2) is 4.79 Å². The number of aromatic nitrogens is 2. The lowest BCUT2D eigenvalue weighted by Crippen LogP contribution is -2.41. The van der Waals surface area contributed by atoms with Crippen LogP contribution in [0.2, 0.25) is 0 Å². The standard InChI is InChI=1S/C16H18N4O4/c21-13(20-9-3-6-12(20)16(23)24)7-8-17-15(22)14-10-4-1-2-5-11(10)18-19-14/h1-2,4-5,12H,3,6-9H2,(H,17,22)(H,18,19)(H,23,24). The third-order valence-electron chi connectivity index (χ3n) is 4.17. The number of carboxylic acid groups (broad SMARTS) is 1. The number of carbonyl (C=O) groups is 3. The largest absolute Gasteiger partial charge is 0.480 e. The molecular formula is C16H18N4O4. The molecule has 3 rings (SSSR count). The predicted molar refractivity (Wildman–Crippen MR) is 85.4 cm³/mol. The van der Waals surface area contributed by atoms with E-state index in [0.717, 1.165) is 5.52 Å². The zero-order valence-electron chi connectivity index (χ0n) is 13.0. The van der Waals surface area contributed by atoms with Gasteiger partial charge in [-0.1, -0.05) is 18.2 Å². The summed E-state index contributed by atoms with van der Waals surface area (Å²) in [4.78, 5) is 36.8. The Balaban J connectivity index is 1.55. The number of para-hydroxylation sites is 1. The molecule has 2 aromatic rings. The summed E-state index contributed by atoms with van der Waals surface area (Å²) in [6.07, 6.45) is 1.24. The Kier molecular flexibility index (Phi) is 4.45. The summed E-state index contributed by atoms with van der Waals surface area (Å²) in [7, 11) is 0. The molecule has 1 aromatic carbocycles. The van der Waals surface area contributed by atoms with E-state index in [1.54, 1.807) is 6.07 Å². The number of amides is 2. The minimum atomic E-state index is -0.979. The van der Waals surface area contributed by atoms with Gasteiger partial charge in [0.1, 0.15) is 6.04 Å². The fourth-order valence-corrected chi connectivity index (χ4v) is 2.97. The van der Waals surface area contributed by atoms with Crippen LogP contribution in [0.25, 0.3) is 10.9 Å². The van der Waals surface area contributed by atoms with Gasteiger partial charge in [0, 0.05) is 24.9 Å². The van der Waals surface area contributed by atoms with Crippen LogP contribution in [0, 0.1) is 0 Å². The maximum Gasteiger partial charge on any atom is 0.326 e. The van der Waals surface area contributed by atoms with Gasteiger partial charge in [-0.15, -0.1) is 0 Å².